The molecular weight excluding hydrogens is 468 g/mol. The number of unbranched alkanes of at least 4 members (excludes halogenated alkanes) is 1. The third kappa shape index (κ3) is 4.59. The van der Waals surface area contributed by atoms with Crippen LogP contribution in [-0.2, 0) is 9.53 Å². The Morgan fingerprint density at radius 2 is 1.88 bits per heavy atom. The Morgan fingerprint density at radius 3 is 2.42 bits per heavy atom. The summed E-state index contributed by atoms with van der Waals surface area (Å²) >= 11 is 6.94. The summed E-state index contributed by atoms with van der Waals surface area (Å²) in [7, 11) is 1.57. The first kappa shape index (κ1) is 20.8. The minimum Gasteiger partial charge on any atom is -0.494 e. The molecule has 0 aromatic heterocycles. The van der Waals surface area contributed by atoms with Crippen molar-refractivity contribution in [3.05, 3.63) is 37.9 Å². The summed E-state index contributed by atoms with van der Waals surface area (Å²) in [6.07, 6.45) is 2.42. The third-order valence-electron chi connectivity index (χ3n) is 3.99. The van der Waals surface area contributed by atoms with E-state index >= 15 is 0 Å². The van der Waals surface area contributed by atoms with Crippen LogP contribution in [0.15, 0.2) is 32.3 Å². The van der Waals surface area contributed by atoms with Gasteiger partial charge in [-0.15, -0.1) is 0 Å². The first-order valence-electron chi connectivity index (χ1n) is 8.43. The highest BCUT2D eigenvalue weighted by Gasteiger charge is 2.34. The summed E-state index contributed by atoms with van der Waals surface area (Å²) in [6, 6.07) is 2.72. The van der Waals surface area contributed by atoms with Crippen LogP contribution in [0.1, 0.15) is 44.7 Å². The van der Waals surface area contributed by atoms with Crippen molar-refractivity contribution in [3.63, 3.8) is 0 Å². The molecule has 0 saturated heterocycles. The molecule has 6 nitrogen and oxygen atoms in total. The molecule has 1 unspecified atom stereocenters. The Balaban J connectivity index is 2.55. The van der Waals surface area contributed by atoms with Crippen LogP contribution < -0.4 is 15.4 Å². The second kappa shape index (κ2) is 9.41. The largest absolute Gasteiger partial charge is 0.494 e. The maximum atomic E-state index is 12.6. The van der Waals surface area contributed by atoms with E-state index in [0.717, 1.165) is 27.4 Å². The van der Waals surface area contributed by atoms with Gasteiger partial charge >= 0.3 is 12.0 Å². The lowest BCUT2D eigenvalue weighted by Crippen LogP contribution is -2.46. The van der Waals surface area contributed by atoms with Crippen molar-refractivity contribution in [2.24, 2.45) is 0 Å². The van der Waals surface area contributed by atoms with Crippen molar-refractivity contribution in [3.8, 4) is 5.75 Å². The number of carbonyl (C=O) groups excluding carboxylic acids is 2. The van der Waals surface area contributed by atoms with Crippen LogP contribution in [0, 0.1) is 0 Å². The molecule has 0 aliphatic carbocycles. The summed E-state index contributed by atoms with van der Waals surface area (Å²) < 4.78 is 12.0. The van der Waals surface area contributed by atoms with Crippen molar-refractivity contribution in [2.75, 3.05) is 13.7 Å². The highest BCUT2D eigenvalue weighted by molar-refractivity contribution is 9.11. The molecule has 0 bridgehead atoms. The minimum atomic E-state index is -0.604. The van der Waals surface area contributed by atoms with E-state index in [2.05, 4.69) is 49.4 Å². The van der Waals surface area contributed by atoms with E-state index in [0.29, 0.717) is 23.4 Å². The summed E-state index contributed by atoms with van der Waals surface area (Å²) in [5.41, 5.74) is 1.79. The monoisotopic (exact) mass is 488 g/mol. The lowest BCUT2D eigenvalue weighted by molar-refractivity contribution is -0.139. The smallest absolute Gasteiger partial charge is 0.338 e. The van der Waals surface area contributed by atoms with Gasteiger partial charge in [0, 0.05) is 5.70 Å². The summed E-state index contributed by atoms with van der Waals surface area (Å²) in [4.78, 5) is 24.8. The summed E-state index contributed by atoms with van der Waals surface area (Å²) in [5, 5.41) is 5.60. The Hall–Kier alpha value is -1.54. The fourth-order valence-electron chi connectivity index (χ4n) is 2.81. The van der Waals surface area contributed by atoms with Crippen LogP contribution in [0.4, 0.5) is 4.79 Å². The van der Waals surface area contributed by atoms with Gasteiger partial charge in [-0.05, 0) is 69.3 Å². The van der Waals surface area contributed by atoms with E-state index in [9.17, 15) is 9.59 Å². The second-order valence-electron chi connectivity index (χ2n) is 5.77. The number of nitrogens with one attached hydrogen (secondary N) is 2. The number of amides is 2. The fraction of sp³-hybridized carbons (Fsp3) is 0.444. The molecule has 0 radical (unpaired) electrons. The lowest BCUT2D eigenvalue weighted by Gasteiger charge is -2.30. The van der Waals surface area contributed by atoms with Crippen molar-refractivity contribution >= 4 is 43.9 Å². The van der Waals surface area contributed by atoms with Gasteiger partial charge in [0.15, 0.2) is 0 Å². The zero-order chi connectivity index (χ0) is 19.3. The van der Waals surface area contributed by atoms with Gasteiger partial charge < -0.3 is 20.1 Å². The summed E-state index contributed by atoms with van der Waals surface area (Å²) in [5.74, 6) is 0.209. The molecule has 1 aromatic rings. The second-order valence-corrected chi connectivity index (χ2v) is 7.47. The first-order chi connectivity index (χ1) is 12.4. The molecular formula is C18H22Br2N2O4. The Morgan fingerprint density at radius 1 is 1.23 bits per heavy atom. The van der Waals surface area contributed by atoms with Crippen molar-refractivity contribution in [2.45, 2.75) is 39.2 Å². The van der Waals surface area contributed by atoms with Gasteiger partial charge in [-0.1, -0.05) is 13.3 Å². The fourth-order valence-corrected chi connectivity index (χ4v) is 4.36. The maximum absolute atomic E-state index is 12.6. The molecule has 26 heavy (non-hydrogen) atoms. The molecule has 1 aliphatic rings. The van der Waals surface area contributed by atoms with Gasteiger partial charge in [0.1, 0.15) is 5.75 Å². The maximum Gasteiger partial charge on any atom is 0.338 e. The molecule has 0 fully saturated rings. The van der Waals surface area contributed by atoms with Crippen LogP contribution >= 0.6 is 31.9 Å². The average molecular weight is 490 g/mol. The van der Waals surface area contributed by atoms with Gasteiger partial charge in [-0.3, -0.25) is 0 Å². The standard InChI is InChI=1S/C18H22Br2N2O4/c1-4-6-7-13-14(17(23)26-5-2)15(22-18(24)21-13)10-8-11(19)16(25-3)12(20)9-10/h8-9,15H,4-7H2,1-3H3,(H2,21,22,24). The van der Waals surface area contributed by atoms with Crippen LogP contribution in [0.2, 0.25) is 0 Å². The topological polar surface area (TPSA) is 76.7 Å². The number of urea groups is 1. The van der Waals surface area contributed by atoms with E-state index in [1.165, 1.54) is 0 Å². The zero-order valence-electron chi connectivity index (χ0n) is 14.9. The number of esters is 1. The average Bonchev–Trinajstić information content (AvgIpc) is 2.59. The number of hydrogen-bond donors (Lipinski definition) is 2. The van der Waals surface area contributed by atoms with E-state index in [1.807, 2.05) is 12.1 Å². The van der Waals surface area contributed by atoms with Crippen molar-refractivity contribution < 1.29 is 19.1 Å². The normalized spacial score (nSPS) is 16.8. The molecule has 1 heterocycles. The number of halogens is 2. The Kier molecular flexibility index (Phi) is 7.52. The quantitative estimate of drug-likeness (QED) is 0.549. The zero-order valence-corrected chi connectivity index (χ0v) is 18.1. The molecule has 0 saturated carbocycles. The highest BCUT2D eigenvalue weighted by Crippen LogP contribution is 2.39. The van der Waals surface area contributed by atoms with E-state index in [1.54, 1.807) is 14.0 Å². The molecule has 2 rings (SSSR count). The predicted octanol–water partition coefficient (Wildman–Crippen LogP) is 4.58. The van der Waals surface area contributed by atoms with Crippen LogP contribution in [-0.4, -0.2) is 25.7 Å². The van der Waals surface area contributed by atoms with Crippen molar-refractivity contribution in [1.82, 2.24) is 10.6 Å². The van der Waals surface area contributed by atoms with E-state index in [-0.39, 0.29) is 12.6 Å². The number of carbonyl (C=O) groups is 2. The molecule has 1 aromatic carbocycles. The number of methoxy groups -OCH3 is 1. The van der Waals surface area contributed by atoms with Crippen LogP contribution in [0.3, 0.4) is 0 Å². The first-order valence-corrected chi connectivity index (χ1v) is 10.0. The molecule has 2 N–H and O–H groups in total. The van der Waals surface area contributed by atoms with Gasteiger partial charge in [0.05, 0.1) is 34.3 Å². The molecule has 2 amide bonds. The molecule has 8 heteroatoms. The van der Waals surface area contributed by atoms with E-state index in [4.69, 9.17) is 9.47 Å². The number of benzene rings is 1. The van der Waals surface area contributed by atoms with Gasteiger partial charge in [0.25, 0.3) is 0 Å². The number of ether oxygens (including phenoxy) is 2. The van der Waals surface area contributed by atoms with Gasteiger partial charge in [-0.25, -0.2) is 9.59 Å². The van der Waals surface area contributed by atoms with Crippen LogP contribution in [0.5, 0.6) is 5.75 Å². The highest BCUT2D eigenvalue weighted by atomic mass is 79.9. The minimum absolute atomic E-state index is 0.264. The van der Waals surface area contributed by atoms with Gasteiger partial charge in [0.2, 0.25) is 0 Å². The number of rotatable bonds is 7. The molecule has 1 aliphatic heterocycles. The molecule has 1 atom stereocenters. The summed E-state index contributed by atoms with van der Waals surface area (Å²) in [6.45, 7) is 4.08. The number of allylic oxidation sites excluding steroid dienone is 1. The van der Waals surface area contributed by atoms with Gasteiger partial charge in [-0.2, -0.15) is 0 Å². The van der Waals surface area contributed by atoms with E-state index < -0.39 is 12.0 Å². The van der Waals surface area contributed by atoms with Crippen LogP contribution in [0.25, 0.3) is 0 Å². The Bertz CT molecular complexity index is 711. The molecule has 142 valence electrons. The predicted molar refractivity (Wildman–Crippen MR) is 106 cm³/mol. The third-order valence-corrected chi connectivity index (χ3v) is 5.17. The molecule has 0 spiro atoms. The lowest BCUT2D eigenvalue weighted by atomic mass is 9.93. The SMILES string of the molecule is CCCCC1=C(C(=O)OCC)C(c2cc(Br)c(OC)c(Br)c2)NC(=O)N1. The number of hydrogen-bond acceptors (Lipinski definition) is 4. The Labute approximate surface area is 170 Å². The van der Waals surface area contributed by atoms with Crippen molar-refractivity contribution in [1.29, 1.82) is 0 Å².